The van der Waals surface area contributed by atoms with E-state index in [0.717, 1.165) is 4.57 Å². The summed E-state index contributed by atoms with van der Waals surface area (Å²) in [5.41, 5.74) is 0.535. The molecule has 202 valence electrons. The van der Waals surface area contributed by atoms with Crippen molar-refractivity contribution in [3.05, 3.63) is 67.8 Å². The number of carbonyl (C=O) groups excluding carboxylic acids is 3. The molecule has 1 aliphatic rings. The van der Waals surface area contributed by atoms with E-state index in [0.29, 0.717) is 23.4 Å². The van der Waals surface area contributed by atoms with Crippen LogP contribution in [0.2, 0.25) is 5.02 Å². The first kappa shape index (κ1) is 27.6. The summed E-state index contributed by atoms with van der Waals surface area (Å²) >= 11 is 6.07. The number of rotatable bonds is 6. The van der Waals surface area contributed by atoms with E-state index in [1.807, 2.05) is 6.07 Å². The zero-order chi connectivity index (χ0) is 28.4. The Morgan fingerprint density at radius 3 is 2.03 bits per heavy atom. The molecule has 0 bridgehead atoms. The summed E-state index contributed by atoms with van der Waals surface area (Å²) in [5, 5.41) is 15.0. The first-order valence-electron chi connectivity index (χ1n) is 12.4. The third-order valence-corrected chi connectivity index (χ3v) is 7.23. The SMILES string of the molecule is CCn1c(=O)c2cc(NC(=O)[C@@H]3CN(C(C)=O)C[C@@H]3C(=O)Nc3ccc(C#N)c(Cl)c3)ccc2n(CC)c1=O. The van der Waals surface area contributed by atoms with Crippen LogP contribution in [0.15, 0.2) is 46.0 Å². The molecule has 1 fully saturated rings. The zero-order valence-corrected chi connectivity index (χ0v) is 22.4. The third kappa shape index (κ3) is 5.28. The van der Waals surface area contributed by atoms with Crippen molar-refractivity contribution in [3.8, 4) is 6.07 Å². The third-order valence-electron chi connectivity index (χ3n) is 6.92. The van der Waals surface area contributed by atoms with Crippen molar-refractivity contribution >= 4 is 51.6 Å². The molecule has 1 aromatic heterocycles. The maximum atomic E-state index is 13.4. The van der Waals surface area contributed by atoms with Crippen molar-refractivity contribution in [1.82, 2.24) is 14.0 Å². The molecule has 2 aromatic carbocycles. The first-order valence-corrected chi connectivity index (χ1v) is 12.8. The molecule has 2 heterocycles. The molecule has 0 aliphatic carbocycles. The number of hydrogen-bond donors (Lipinski definition) is 2. The minimum absolute atomic E-state index is 0.0407. The standard InChI is InChI=1S/C27H27ClN6O5/c1-4-33-23-9-8-17(10-19(23)26(38)34(5-2)27(33)39)30-24(36)20-13-32(15(3)35)14-21(20)25(37)31-18-7-6-16(12-29)22(28)11-18/h6-11,20-21H,4-5,13-14H2,1-3H3,(H,30,36)(H,31,37)/t20-,21+/m1/s1. The number of amides is 3. The molecular weight excluding hydrogens is 524 g/mol. The molecule has 39 heavy (non-hydrogen) atoms. The second-order valence-corrected chi connectivity index (χ2v) is 9.64. The van der Waals surface area contributed by atoms with Crippen molar-refractivity contribution < 1.29 is 14.4 Å². The van der Waals surface area contributed by atoms with Crippen LogP contribution in [0.1, 0.15) is 26.3 Å². The summed E-state index contributed by atoms with van der Waals surface area (Å²) < 4.78 is 2.62. The highest BCUT2D eigenvalue weighted by Gasteiger charge is 2.43. The van der Waals surface area contributed by atoms with Crippen LogP contribution in [0.5, 0.6) is 0 Å². The molecule has 1 aliphatic heterocycles. The lowest BCUT2D eigenvalue weighted by molar-refractivity contribution is -0.128. The fourth-order valence-electron chi connectivity index (χ4n) is 4.83. The highest BCUT2D eigenvalue weighted by Crippen LogP contribution is 2.28. The molecule has 11 nitrogen and oxygen atoms in total. The van der Waals surface area contributed by atoms with Gasteiger partial charge in [0, 0.05) is 44.5 Å². The van der Waals surface area contributed by atoms with Crippen molar-refractivity contribution in [2.24, 2.45) is 11.8 Å². The van der Waals surface area contributed by atoms with Crippen LogP contribution in [0.25, 0.3) is 10.9 Å². The largest absolute Gasteiger partial charge is 0.341 e. The predicted octanol–water partition coefficient (Wildman–Crippen LogP) is 2.40. The summed E-state index contributed by atoms with van der Waals surface area (Å²) in [6.45, 7) is 5.53. The van der Waals surface area contributed by atoms with Gasteiger partial charge in [-0.15, -0.1) is 0 Å². The molecule has 2 atom stereocenters. The van der Waals surface area contributed by atoms with Crippen LogP contribution < -0.4 is 21.9 Å². The minimum atomic E-state index is -0.865. The van der Waals surface area contributed by atoms with Crippen LogP contribution in [0.4, 0.5) is 11.4 Å². The summed E-state index contributed by atoms with van der Waals surface area (Å²) in [6, 6.07) is 11.1. The highest BCUT2D eigenvalue weighted by molar-refractivity contribution is 6.32. The van der Waals surface area contributed by atoms with Gasteiger partial charge >= 0.3 is 5.69 Å². The normalized spacial score (nSPS) is 16.6. The van der Waals surface area contributed by atoms with E-state index in [1.165, 1.54) is 40.7 Å². The molecule has 3 amide bonds. The quantitative estimate of drug-likeness (QED) is 0.482. The minimum Gasteiger partial charge on any atom is -0.341 e. The number of hydrogen-bond acceptors (Lipinski definition) is 6. The second-order valence-electron chi connectivity index (χ2n) is 9.23. The van der Waals surface area contributed by atoms with Gasteiger partial charge in [0.15, 0.2) is 0 Å². The smallest absolute Gasteiger partial charge is 0.331 e. The Hall–Kier alpha value is -4.43. The van der Waals surface area contributed by atoms with Gasteiger partial charge < -0.3 is 15.5 Å². The Morgan fingerprint density at radius 1 is 0.949 bits per heavy atom. The number of halogens is 1. The fourth-order valence-corrected chi connectivity index (χ4v) is 5.05. The predicted molar refractivity (Wildman–Crippen MR) is 146 cm³/mol. The van der Waals surface area contributed by atoms with E-state index >= 15 is 0 Å². The van der Waals surface area contributed by atoms with E-state index < -0.39 is 34.9 Å². The molecule has 1 saturated heterocycles. The summed E-state index contributed by atoms with van der Waals surface area (Å²) in [6.07, 6.45) is 0. The lowest BCUT2D eigenvalue weighted by Gasteiger charge is -2.18. The van der Waals surface area contributed by atoms with Gasteiger partial charge in [0.1, 0.15) is 6.07 Å². The van der Waals surface area contributed by atoms with Gasteiger partial charge in [-0.05, 0) is 50.2 Å². The van der Waals surface area contributed by atoms with Gasteiger partial charge in [0.05, 0.1) is 33.3 Å². The first-order chi connectivity index (χ1) is 18.6. The number of aromatic nitrogens is 2. The number of fused-ring (bicyclic) bond motifs is 1. The lowest BCUT2D eigenvalue weighted by atomic mass is 9.94. The lowest BCUT2D eigenvalue weighted by Crippen LogP contribution is -2.39. The number of nitrogens with zero attached hydrogens (tertiary/aromatic N) is 4. The zero-order valence-electron chi connectivity index (χ0n) is 21.7. The Morgan fingerprint density at radius 2 is 1.51 bits per heavy atom. The van der Waals surface area contributed by atoms with Crippen LogP contribution in [0.3, 0.4) is 0 Å². The molecule has 0 spiro atoms. The maximum Gasteiger partial charge on any atom is 0.331 e. The Bertz CT molecular complexity index is 1650. The van der Waals surface area contributed by atoms with Crippen LogP contribution in [0, 0.1) is 23.2 Å². The molecular formula is C27H27ClN6O5. The molecule has 0 radical (unpaired) electrons. The van der Waals surface area contributed by atoms with Gasteiger partial charge in [-0.1, -0.05) is 11.6 Å². The monoisotopic (exact) mass is 550 g/mol. The molecule has 0 unspecified atom stereocenters. The molecule has 4 rings (SSSR count). The van der Waals surface area contributed by atoms with Crippen molar-refractivity contribution in [3.63, 3.8) is 0 Å². The highest BCUT2D eigenvalue weighted by atomic mass is 35.5. The van der Waals surface area contributed by atoms with Gasteiger partial charge in [0.2, 0.25) is 17.7 Å². The van der Waals surface area contributed by atoms with Crippen molar-refractivity contribution in [2.45, 2.75) is 33.9 Å². The molecule has 3 aromatic rings. The number of nitrogens with one attached hydrogen (secondary N) is 2. The van der Waals surface area contributed by atoms with Gasteiger partial charge in [-0.3, -0.25) is 28.3 Å². The van der Waals surface area contributed by atoms with Crippen molar-refractivity contribution in [1.29, 1.82) is 5.26 Å². The Labute approximate surface area is 228 Å². The van der Waals surface area contributed by atoms with Crippen LogP contribution >= 0.6 is 11.6 Å². The van der Waals surface area contributed by atoms with E-state index in [-0.39, 0.29) is 41.5 Å². The Kier molecular flexibility index (Phi) is 7.88. The number of anilines is 2. The number of carbonyl (C=O) groups is 3. The Balaban J connectivity index is 1.62. The van der Waals surface area contributed by atoms with Gasteiger partial charge in [-0.2, -0.15) is 5.26 Å². The van der Waals surface area contributed by atoms with E-state index in [1.54, 1.807) is 26.0 Å². The van der Waals surface area contributed by atoms with E-state index in [9.17, 15) is 24.0 Å². The number of likely N-dealkylation sites (tertiary alicyclic amines) is 1. The number of aryl methyl sites for hydroxylation is 1. The van der Waals surface area contributed by atoms with Gasteiger partial charge in [-0.25, -0.2) is 4.79 Å². The average molecular weight is 551 g/mol. The summed E-state index contributed by atoms with van der Waals surface area (Å²) in [4.78, 5) is 65.7. The molecule has 2 N–H and O–H groups in total. The topological polar surface area (TPSA) is 146 Å². The van der Waals surface area contributed by atoms with E-state index in [2.05, 4.69) is 10.6 Å². The summed E-state index contributed by atoms with van der Waals surface area (Å²) in [5.74, 6) is -2.96. The van der Waals surface area contributed by atoms with Crippen LogP contribution in [-0.2, 0) is 27.5 Å². The van der Waals surface area contributed by atoms with Crippen LogP contribution in [-0.4, -0.2) is 44.8 Å². The second kappa shape index (κ2) is 11.1. The molecule has 12 heteroatoms. The number of benzene rings is 2. The van der Waals surface area contributed by atoms with E-state index in [4.69, 9.17) is 16.9 Å². The summed E-state index contributed by atoms with van der Waals surface area (Å²) in [7, 11) is 0. The van der Waals surface area contributed by atoms with Crippen molar-refractivity contribution in [2.75, 3.05) is 23.7 Å². The average Bonchev–Trinajstić information content (AvgIpc) is 3.36. The number of nitriles is 1. The molecule has 0 saturated carbocycles. The fraction of sp³-hybridized carbons (Fsp3) is 0.333. The van der Waals surface area contributed by atoms with Gasteiger partial charge in [0.25, 0.3) is 5.56 Å². The maximum absolute atomic E-state index is 13.4.